The Hall–Kier alpha value is -2.32. The van der Waals surface area contributed by atoms with E-state index in [-0.39, 0.29) is 23.1 Å². The number of anilines is 2. The molecule has 0 aliphatic carbocycles. The molecule has 0 saturated carbocycles. The molecule has 3 rings (SSSR count). The Labute approximate surface area is 205 Å². The second-order valence-electron chi connectivity index (χ2n) is 9.51. The highest BCUT2D eigenvalue weighted by Crippen LogP contribution is 2.38. The Kier molecular flexibility index (Phi) is 8.59. The van der Waals surface area contributed by atoms with E-state index in [0.717, 1.165) is 41.7 Å². The number of rotatable bonds is 9. The van der Waals surface area contributed by atoms with E-state index in [0.29, 0.717) is 6.61 Å². The Morgan fingerprint density at radius 2 is 1.76 bits per heavy atom. The van der Waals surface area contributed by atoms with Gasteiger partial charge in [-0.15, -0.1) is 0 Å². The molecule has 0 bridgehead atoms. The second kappa shape index (κ2) is 11.2. The molecular weight excluding hydrogens is 500 g/mol. The molecule has 1 saturated heterocycles. The first kappa shape index (κ1) is 25.3. The number of nitrogens with one attached hydrogen (secondary N) is 1. The highest BCUT2D eigenvalue weighted by atomic mass is 79.9. The molecule has 2 aromatic rings. The molecule has 1 aliphatic heterocycles. The Morgan fingerprint density at radius 3 is 2.33 bits per heavy atom. The van der Waals surface area contributed by atoms with E-state index in [9.17, 15) is 9.59 Å². The zero-order valence-electron chi connectivity index (χ0n) is 19.8. The number of methoxy groups -OCH3 is 1. The van der Waals surface area contributed by atoms with Crippen molar-refractivity contribution in [2.24, 2.45) is 0 Å². The van der Waals surface area contributed by atoms with E-state index in [1.54, 1.807) is 7.11 Å². The van der Waals surface area contributed by atoms with E-state index in [2.05, 4.69) is 45.8 Å². The topological polar surface area (TPSA) is 67.9 Å². The third-order valence-corrected chi connectivity index (χ3v) is 8.10. The number of hydrogen-bond acceptors (Lipinski definition) is 5. The van der Waals surface area contributed by atoms with Crippen molar-refractivity contribution < 1.29 is 19.1 Å². The SMILES string of the molecule is COc1ccc([C@H]2CCN(c3ccc(NC(=O)CBr)cc3)[C@@H]2C(=O)OCC[Si](C)(C)C)cc1. The van der Waals surface area contributed by atoms with Crippen molar-refractivity contribution in [2.45, 2.75) is 44.1 Å². The largest absolute Gasteiger partial charge is 0.497 e. The van der Waals surface area contributed by atoms with Crippen molar-refractivity contribution in [2.75, 3.05) is 35.8 Å². The Balaban J connectivity index is 1.83. The van der Waals surface area contributed by atoms with Crippen molar-refractivity contribution in [1.82, 2.24) is 0 Å². The Bertz CT molecular complexity index is 944. The fourth-order valence-corrected chi connectivity index (χ4v) is 4.90. The first-order valence-corrected chi connectivity index (χ1v) is 16.1. The van der Waals surface area contributed by atoms with Gasteiger partial charge >= 0.3 is 5.97 Å². The van der Waals surface area contributed by atoms with Crippen LogP contribution in [0, 0.1) is 0 Å². The predicted molar refractivity (Wildman–Crippen MR) is 139 cm³/mol. The lowest BCUT2D eigenvalue weighted by Gasteiger charge is -2.29. The van der Waals surface area contributed by atoms with E-state index in [4.69, 9.17) is 9.47 Å². The van der Waals surface area contributed by atoms with Gasteiger partial charge in [0, 0.05) is 31.9 Å². The average Bonchev–Trinajstić information content (AvgIpc) is 3.24. The second-order valence-corrected chi connectivity index (χ2v) is 15.7. The van der Waals surface area contributed by atoms with Crippen molar-refractivity contribution >= 4 is 47.3 Å². The van der Waals surface area contributed by atoms with Crippen molar-refractivity contribution in [3.63, 3.8) is 0 Å². The number of carbonyl (C=O) groups excluding carboxylic acids is 2. The molecule has 1 fully saturated rings. The molecule has 6 nitrogen and oxygen atoms in total. The quantitative estimate of drug-likeness (QED) is 0.270. The van der Waals surface area contributed by atoms with Gasteiger partial charge in [0.05, 0.1) is 19.0 Å². The lowest BCUT2D eigenvalue weighted by atomic mass is 9.91. The van der Waals surface area contributed by atoms with Crippen LogP contribution in [0.1, 0.15) is 17.9 Å². The smallest absolute Gasteiger partial charge is 0.329 e. The molecule has 2 aromatic carbocycles. The van der Waals surface area contributed by atoms with Crippen LogP contribution < -0.4 is 15.0 Å². The van der Waals surface area contributed by atoms with Crippen LogP contribution in [-0.4, -0.2) is 51.6 Å². The molecule has 8 heteroatoms. The van der Waals surface area contributed by atoms with Gasteiger partial charge in [0.2, 0.25) is 5.91 Å². The minimum Gasteiger partial charge on any atom is -0.497 e. The van der Waals surface area contributed by atoms with Crippen molar-refractivity contribution in [3.05, 3.63) is 54.1 Å². The summed E-state index contributed by atoms with van der Waals surface area (Å²) in [7, 11) is 0.346. The van der Waals surface area contributed by atoms with Gasteiger partial charge in [0.1, 0.15) is 11.8 Å². The number of esters is 1. The lowest BCUT2D eigenvalue weighted by molar-refractivity contribution is -0.144. The maximum atomic E-state index is 13.3. The molecule has 0 radical (unpaired) electrons. The fourth-order valence-electron chi connectivity index (χ4n) is 4.05. The summed E-state index contributed by atoms with van der Waals surface area (Å²) in [6, 6.07) is 16.1. The third-order valence-electron chi connectivity index (χ3n) is 5.88. The Morgan fingerprint density at radius 1 is 1.09 bits per heavy atom. The standard InChI is InChI=1S/C25H33BrN2O4Si/c1-31-21-11-5-18(6-12-21)22-13-14-28(24(22)25(30)32-15-16-33(2,3)4)20-9-7-19(8-10-20)27-23(29)17-26/h5-12,22,24H,13-17H2,1-4H3,(H,27,29)/t22-,24+/m1/s1. The highest BCUT2D eigenvalue weighted by molar-refractivity contribution is 9.09. The molecule has 33 heavy (non-hydrogen) atoms. The van der Waals surface area contributed by atoms with Crippen LogP contribution >= 0.6 is 15.9 Å². The predicted octanol–water partition coefficient (Wildman–Crippen LogP) is 5.27. The van der Waals surface area contributed by atoms with Gasteiger partial charge in [-0.05, 0) is 54.4 Å². The average molecular weight is 534 g/mol. The molecular formula is C25H33BrN2O4Si. The van der Waals surface area contributed by atoms with Gasteiger partial charge in [0.25, 0.3) is 0 Å². The lowest BCUT2D eigenvalue weighted by Crippen LogP contribution is -2.41. The highest BCUT2D eigenvalue weighted by Gasteiger charge is 2.41. The molecule has 178 valence electrons. The number of hydrogen-bond donors (Lipinski definition) is 1. The number of halogens is 1. The van der Waals surface area contributed by atoms with Crippen LogP contribution in [0.3, 0.4) is 0 Å². The van der Waals surface area contributed by atoms with Gasteiger partial charge in [-0.3, -0.25) is 4.79 Å². The van der Waals surface area contributed by atoms with Crippen LogP contribution in [-0.2, 0) is 14.3 Å². The molecule has 2 atom stereocenters. The third kappa shape index (κ3) is 6.83. The summed E-state index contributed by atoms with van der Waals surface area (Å²) >= 11 is 3.16. The number of nitrogens with zero attached hydrogens (tertiary/aromatic N) is 1. The molecule has 1 amide bonds. The van der Waals surface area contributed by atoms with E-state index < -0.39 is 14.1 Å². The minimum atomic E-state index is -1.30. The maximum absolute atomic E-state index is 13.3. The molecule has 1 heterocycles. The molecule has 0 aromatic heterocycles. The first-order valence-electron chi connectivity index (χ1n) is 11.2. The van der Waals surface area contributed by atoms with Crippen LogP contribution in [0.25, 0.3) is 0 Å². The summed E-state index contributed by atoms with van der Waals surface area (Å²) in [6.07, 6.45) is 0.849. The summed E-state index contributed by atoms with van der Waals surface area (Å²) in [5.41, 5.74) is 2.77. The van der Waals surface area contributed by atoms with E-state index >= 15 is 0 Å². The van der Waals surface area contributed by atoms with Crippen molar-refractivity contribution in [3.8, 4) is 5.75 Å². The monoisotopic (exact) mass is 532 g/mol. The van der Waals surface area contributed by atoms with Gasteiger partial charge in [0.15, 0.2) is 0 Å². The zero-order chi connectivity index (χ0) is 24.0. The van der Waals surface area contributed by atoms with Gasteiger partial charge in [-0.1, -0.05) is 47.7 Å². The van der Waals surface area contributed by atoms with Crippen LogP contribution in [0.15, 0.2) is 48.5 Å². The van der Waals surface area contributed by atoms with Crippen LogP contribution in [0.5, 0.6) is 5.75 Å². The number of ether oxygens (including phenoxy) is 2. The van der Waals surface area contributed by atoms with Crippen molar-refractivity contribution in [1.29, 1.82) is 0 Å². The molecule has 1 aliphatic rings. The molecule has 0 unspecified atom stereocenters. The summed E-state index contributed by atoms with van der Waals surface area (Å²) in [4.78, 5) is 27.1. The van der Waals surface area contributed by atoms with Gasteiger partial charge in [-0.25, -0.2) is 4.79 Å². The molecule has 1 N–H and O–H groups in total. The number of alkyl halides is 1. The van der Waals surface area contributed by atoms with Gasteiger partial charge < -0.3 is 19.7 Å². The van der Waals surface area contributed by atoms with E-state index in [1.807, 2.05) is 48.5 Å². The fraction of sp³-hybridized carbons (Fsp3) is 0.440. The molecule has 0 spiro atoms. The first-order chi connectivity index (χ1) is 15.7. The van der Waals surface area contributed by atoms with Crippen LogP contribution in [0.2, 0.25) is 25.7 Å². The number of benzene rings is 2. The number of carbonyl (C=O) groups is 2. The summed E-state index contributed by atoms with van der Waals surface area (Å²) in [5, 5.41) is 3.07. The minimum absolute atomic E-state index is 0.0306. The van der Waals surface area contributed by atoms with Crippen LogP contribution in [0.4, 0.5) is 11.4 Å². The zero-order valence-corrected chi connectivity index (χ0v) is 22.4. The number of amides is 1. The summed E-state index contributed by atoms with van der Waals surface area (Å²) < 4.78 is 11.1. The maximum Gasteiger partial charge on any atom is 0.329 e. The normalized spacial score (nSPS) is 18.2. The summed E-state index contributed by atoms with van der Waals surface area (Å²) in [6.45, 7) is 8.04. The summed E-state index contributed by atoms with van der Waals surface area (Å²) in [5.74, 6) is 0.544. The van der Waals surface area contributed by atoms with Gasteiger partial charge in [-0.2, -0.15) is 0 Å². The van der Waals surface area contributed by atoms with E-state index in [1.165, 1.54) is 0 Å².